The largest absolute Gasteiger partial charge is 0.485 e. The van der Waals surface area contributed by atoms with Gasteiger partial charge in [-0.2, -0.15) is 0 Å². The Morgan fingerprint density at radius 3 is 2.70 bits per heavy atom. The van der Waals surface area contributed by atoms with Gasteiger partial charge in [0.05, 0.1) is 0 Å². The topological polar surface area (TPSA) is 47.0 Å². The summed E-state index contributed by atoms with van der Waals surface area (Å²) in [5, 5.41) is 4.06. The average Bonchev–Trinajstić information content (AvgIpc) is 2.45. The first kappa shape index (κ1) is 14.8. The van der Waals surface area contributed by atoms with Gasteiger partial charge in [-0.25, -0.2) is 9.97 Å². The summed E-state index contributed by atoms with van der Waals surface area (Å²) in [7, 11) is 0. The van der Waals surface area contributed by atoms with Gasteiger partial charge in [0.15, 0.2) is 5.82 Å². The highest BCUT2D eigenvalue weighted by atomic mass is 35.5. The second kappa shape index (κ2) is 7.22. The van der Waals surface area contributed by atoms with Crippen LogP contribution in [0.5, 0.6) is 5.75 Å². The van der Waals surface area contributed by atoms with Crippen LogP contribution in [0.2, 0.25) is 5.02 Å². The predicted octanol–water partition coefficient (Wildman–Crippen LogP) is 3.21. The molecule has 0 radical (unpaired) electrons. The maximum atomic E-state index is 6.04. The summed E-state index contributed by atoms with van der Waals surface area (Å²) in [5.74, 6) is 1.46. The molecular weight excluding hydrogens is 274 g/mol. The monoisotopic (exact) mass is 291 g/mol. The van der Waals surface area contributed by atoms with Gasteiger partial charge < -0.3 is 10.1 Å². The van der Waals surface area contributed by atoms with Crippen molar-refractivity contribution in [3.63, 3.8) is 0 Å². The van der Waals surface area contributed by atoms with Crippen molar-refractivity contribution in [1.82, 2.24) is 15.3 Å². The molecule has 0 aliphatic carbocycles. The van der Waals surface area contributed by atoms with Crippen molar-refractivity contribution in [1.29, 1.82) is 0 Å². The lowest BCUT2D eigenvalue weighted by Gasteiger charge is -2.13. The Balaban J connectivity index is 2.06. The summed E-state index contributed by atoms with van der Waals surface area (Å²) in [5.41, 5.74) is 1.03. The highest BCUT2D eigenvalue weighted by Crippen LogP contribution is 2.23. The first-order valence-corrected chi connectivity index (χ1v) is 6.93. The van der Waals surface area contributed by atoms with Crippen molar-refractivity contribution in [2.75, 3.05) is 0 Å². The second-order valence-electron chi connectivity index (χ2n) is 4.74. The average molecular weight is 292 g/mol. The van der Waals surface area contributed by atoms with Gasteiger partial charge in [-0.15, -0.1) is 0 Å². The number of nitrogens with one attached hydrogen (secondary N) is 1. The lowest BCUT2D eigenvalue weighted by atomic mass is 10.2. The number of hydrogen-bond acceptors (Lipinski definition) is 4. The van der Waals surface area contributed by atoms with Crippen LogP contribution in [0.25, 0.3) is 0 Å². The lowest BCUT2D eigenvalue weighted by molar-refractivity contribution is 0.291. The van der Waals surface area contributed by atoms with E-state index in [0.717, 1.165) is 11.3 Å². The minimum atomic E-state index is 0.344. The Hall–Kier alpha value is -1.65. The fraction of sp³-hybridized carbons (Fsp3) is 0.333. The molecule has 0 fully saturated rings. The van der Waals surface area contributed by atoms with Crippen LogP contribution in [0.3, 0.4) is 0 Å². The van der Waals surface area contributed by atoms with Gasteiger partial charge in [-0.05, 0) is 24.3 Å². The molecule has 0 amide bonds. The molecule has 0 saturated heterocycles. The Morgan fingerprint density at radius 2 is 2.00 bits per heavy atom. The summed E-state index contributed by atoms with van der Waals surface area (Å²) in [4.78, 5) is 8.27. The summed E-state index contributed by atoms with van der Waals surface area (Å²) in [6.45, 7) is 5.26. The summed E-state index contributed by atoms with van der Waals surface area (Å²) < 4.78 is 5.79. The van der Waals surface area contributed by atoms with Crippen LogP contribution in [-0.2, 0) is 13.2 Å². The maximum Gasteiger partial charge on any atom is 0.166 e. The van der Waals surface area contributed by atoms with Gasteiger partial charge in [0.25, 0.3) is 0 Å². The minimum Gasteiger partial charge on any atom is -0.485 e. The van der Waals surface area contributed by atoms with Crippen molar-refractivity contribution < 1.29 is 4.74 Å². The summed E-state index contributed by atoms with van der Waals surface area (Å²) in [6.07, 6.45) is 3.41. The van der Waals surface area contributed by atoms with E-state index in [2.05, 4.69) is 29.1 Å². The lowest BCUT2D eigenvalue weighted by Crippen LogP contribution is -2.22. The van der Waals surface area contributed by atoms with E-state index in [0.29, 0.717) is 30.0 Å². The predicted molar refractivity (Wildman–Crippen MR) is 79.8 cm³/mol. The Morgan fingerprint density at radius 1 is 1.25 bits per heavy atom. The van der Waals surface area contributed by atoms with E-state index in [1.807, 2.05) is 18.2 Å². The zero-order chi connectivity index (χ0) is 14.4. The van der Waals surface area contributed by atoms with Gasteiger partial charge in [0.2, 0.25) is 0 Å². The molecule has 106 valence electrons. The van der Waals surface area contributed by atoms with Crippen LogP contribution in [0.1, 0.15) is 25.2 Å². The number of hydrogen-bond donors (Lipinski definition) is 1. The molecule has 1 aromatic heterocycles. The van der Waals surface area contributed by atoms with Crippen LogP contribution in [-0.4, -0.2) is 16.0 Å². The zero-order valence-corrected chi connectivity index (χ0v) is 12.4. The molecule has 2 aromatic rings. The van der Waals surface area contributed by atoms with Crippen molar-refractivity contribution in [2.45, 2.75) is 33.0 Å². The molecule has 0 unspecified atom stereocenters. The van der Waals surface area contributed by atoms with Crippen LogP contribution in [0, 0.1) is 0 Å². The fourth-order valence-corrected chi connectivity index (χ4v) is 1.88. The van der Waals surface area contributed by atoms with Gasteiger partial charge in [0.1, 0.15) is 12.4 Å². The normalized spacial score (nSPS) is 10.8. The second-order valence-corrected chi connectivity index (χ2v) is 5.18. The Bertz CT molecular complexity index is 546. The highest BCUT2D eigenvalue weighted by Gasteiger charge is 2.06. The van der Waals surface area contributed by atoms with E-state index in [4.69, 9.17) is 16.3 Å². The third-order valence-corrected chi connectivity index (χ3v) is 2.93. The van der Waals surface area contributed by atoms with Crippen LogP contribution in [0.15, 0.2) is 36.7 Å². The third kappa shape index (κ3) is 4.47. The number of aromatic nitrogens is 2. The van der Waals surface area contributed by atoms with E-state index >= 15 is 0 Å². The molecule has 4 nitrogen and oxygen atoms in total. The van der Waals surface area contributed by atoms with E-state index in [-0.39, 0.29) is 0 Å². The van der Waals surface area contributed by atoms with E-state index in [9.17, 15) is 0 Å². The molecule has 1 aromatic carbocycles. The summed E-state index contributed by atoms with van der Waals surface area (Å²) >= 11 is 6.04. The van der Waals surface area contributed by atoms with Gasteiger partial charge >= 0.3 is 0 Å². The standard InChI is InChI=1S/C15H18ClN3O/c1-11(2)19-9-12-8-13(16)4-5-14(12)20-10-15-17-6-3-7-18-15/h3-8,11,19H,9-10H2,1-2H3. The molecule has 0 saturated carbocycles. The molecule has 0 atom stereocenters. The van der Waals surface area contributed by atoms with Crippen LogP contribution >= 0.6 is 11.6 Å². The number of rotatable bonds is 6. The zero-order valence-electron chi connectivity index (χ0n) is 11.6. The van der Waals surface area contributed by atoms with E-state index in [1.165, 1.54) is 0 Å². The number of ether oxygens (including phenoxy) is 1. The molecular formula is C15H18ClN3O. The van der Waals surface area contributed by atoms with Gasteiger partial charge in [-0.1, -0.05) is 25.4 Å². The number of halogens is 1. The van der Waals surface area contributed by atoms with Crippen molar-refractivity contribution in [2.24, 2.45) is 0 Å². The molecule has 5 heteroatoms. The quantitative estimate of drug-likeness (QED) is 0.888. The molecule has 1 N–H and O–H groups in total. The van der Waals surface area contributed by atoms with Gasteiger partial charge in [0, 0.05) is 35.6 Å². The van der Waals surface area contributed by atoms with Gasteiger partial charge in [-0.3, -0.25) is 0 Å². The molecule has 0 bridgehead atoms. The van der Waals surface area contributed by atoms with Crippen LogP contribution < -0.4 is 10.1 Å². The molecule has 2 rings (SSSR count). The molecule has 0 aliphatic heterocycles. The maximum absolute atomic E-state index is 6.04. The number of benzene rings is 1. The van der Waals surface area contributed by atoms with Crippen molar-refractivity contribution in [3.05, 3.63) is 53.1 Å². The smallest absolute Gasteiger partial charge is 0.166 e. The molecule has 1 heterocycles. The Labute approximate surface area is 124 Å². The first-order valence-electron chi connectivity index (χ1n) is 6.55. The van der Waals surface area contributed by atoms with E-state index < -0.39 is 0 Å². The third-order valence-electron chi connectivity index (χ3n) is 2.70. The molecule has 0 aliphatic rings. The SMILES string of the molecule is CC(C)NCc1cc(Cl)ccc1OCc1ncccn1. The van der Waals surface area contributed by atoms with Crippen LogP contribution in [0.4, 0.5) is 0 Å². The Kier molecular flexibility index (Phi) is 5.32. The van der Waals surface area contributed by atoms with Crippen molar-refractivity contribution in [3.8, 4) is 5.75 Å². The molecule has 0 spiro atoms. The number of nitrogens with zero attached hydrogens (tertiary/aromatic N) is 2. The molecule has 20 heavy (non-hydrogen) atoms. The minimum absolute atomic E-state index is 0.344. The van der Waals surface area contributed by atoms with E-state index in [1.54, 1.807) is 18.5 Å². The summed E-state index contributed by atoms with van der Waals surface area (Å²) in [6, 6.07) is 7.80. The fourth-order valence-electron chi connectivity index (χ4n) is 1.69. The van der Waals surface area contributed by atoms with Crippen molar-refractivity contribution >= 4 is 11.6 Å². The highest BCUT2D eigenvalue weighted by molar-refractivity contribution is 6.30. The first-order chi connectivity index (χ1) is 9.65.